The third kappa shape index (κ3) is 4.48. The SMILES string of the molecule is C/C=C/[C@]1(C)C[C@H](O)[C@@H]2[C@@H](CO[Si](C)(C)C(C)(C)C)[C@@H](C)C=C[C@H]2C1. The molecule has 0 bridgehead atoms. The van der Waals surface area contributed by atoms with Crippen LogP contribution in [0.1, 0.15) is 54.4 Å². The second-order valence-corrected chi connectivity index (χ2v) is 15.2. The van der Waals surface area contributed by atoms with Crippen LogP contribution in [0.4, 0.5) is 0 Å². The van der Waals surface area contributed by atoms with Crippen molar-refractivity contribution in [3.8, 4) is 0 Å². The van der Waals surface area contributed by atoms with Gasteiger partial charge < -0.3 is 9.53 Å². The first-order valence-electron chi connectivity index (χ1n) is 10.0. The third-order valence-corrected chi connectivity index (χ3v) is 11.7. The Morgan fingerprint density at radius 2 is 1.88 bits per heavy atom. The summed E-state index contributed by atoms with van der Waals surface area (Å²) in [7, 11) is -1.75. The molecule has 0 unspecified atom stereocenters. The molecule has 0 spiro atoms. The summed E-state index contributed by atoms with van der Waals surface area (Å²) in [5.74, 6) is 1.71. The summed E-state index contributed by atoms with van der Waals surface area (Å²) < 4.78 is 6.58. The maximum absolute atomic E-state index is 11.0. The van der Waals surface area contributed by atoms with Gasteiger partial charge in [0.25, 0.3) is 0 Å². The molecule has 0 heterocycles. The van der Waals surface area contributed by atoms with E-state index in [4.69, 9.17) is 4.43 Å². The summed E-state index contributed by atoms with van der Waals surface area (Å²) in [4.78, 5) is 0. The van der Waals surface area contributed by atoms with Crippen LogP contribution >= 0.6 is 0 Å². The van der Waals surface area contributed by atoms with Gasteiger partial charge in [-0.15, -0.1) is 0 Å². The fourth-order valence-corrected chi connectivity index (χ4v) is 5.63. The van der Waals surface area contributed by atoms with Crippen molar-refractivity contribution < 1.29 is 9.53 Å². The van der Waals surface area contributed by atoms with E-state index in [0.717, 1.165) is 19.4 Å². The van der Waals surface area contributed by atoms with Gasteiger partial charge in [-0.1, -0.05) is 58.9 Å². The van der Waals surface area contributed by atoms with Gasteiger partial charge in [-0.2, -0.15) is 0 Å². The van der Waals surface area contributed by atoms with E-state index in [2.05, 4.69) is 78.9 Å². The topological polar surface area (TPSA) is 29.5 Å². The summed E-state index contributed by atoms with van der Waals surface area (Å²) >= 11 is 0. The lowest BCUT2D eigenvalue weighted by atomic mass is 9.58. The van der Waals surface area contributed by atoms with Crippen LogP contribution in [0.15, 0.2) is 24.3 Å². The zero-order valence-electron chi connectivity index (χ0n) is 17.7. The Bertz CT molecular complexity index is 517. The molecule has 3 heteroatoms. The van der Waals surface area contributed by atoms with Crippen LogP contribution in [0, 0.1) is 29.1 Å². The van der Waals surface area contributed by atoms with Crippen molar-refractivity contribution in [3.05, 3.63) is 24.3 Å². The molecular formula is C22H40O2Si. The van der Waals surface area contributed by atoms with Crippen molar-refractivity contribution in [2.75, 3.05) is 6.61 Å². The second kappa shape index (κ2) is 7.32. The minimum Gasteiger partial charge on any atom is -0.417 e. The first-order chi connectivity index (χ1) is 11.4. The fraction of sp³-hybridized carbons (Fsp3) is 0.818. The van der Waals surface area contributed by atoms with Gasteiger partial charge >= 0.3 is 0 Å². The number of aliphatic hydroxyl groups excluding tert-OH is 1. The summed E-state index contributed by atoms with van der Waals surface area (Å²) in [6.45, 7) is 19.0. The van der Waals surface area contributed by atoms with Crippen LogP contribution in [0.2, 0.25) is 18.1 Å². The molecule has 6 atom stereocenters. The minimum atomic E-state index is -1.75. The fourth-order valence-electron chi connectivity index (χ4n) is 4.59. The highest BCUT2D eigenvalue weighted by Gasteiger charge is 2.47. The predicted octanol–water partition coefficient (Wildman–Crippen LogP) is 5.80. The van der Waals surface area contributed by atoms with E-state index in [0.29, 0.717) is 23.7 Å². The average Bonchev–Trinajstić information content (AvgIpc) is 2.45. The van der Waals surface area contributed by atoms with E-state index in [1.165, 1.54) is 0 Å². The molecule has 0 aliphatic heterocycles. The van der Waals surface area contributed by atoms with Gasteiger partial charge in [0, 0.05) is 6.61 Å². The molecule has 2 rings (SSSR count). The van der Waals surface area contributed by atoms with Gasteiger partial charge in [-0.05, 0) is 67.0 Å². The van der Waals surface area contributed by atoms with Gasteiger partial charge in [0.05, 0.1) is 6.10 Å². The molecule has 25 heavy (non-hydrogen) atoms. The van der Waals surface area contributed by atoms with E-state index in [9.17, 15) is 5.11 Å². The van der Waals surface area contributed by atoms with E-state index in [1.807, 2.05) is 0 Å². The molecule has 2 nitrogen and oxygen atoms in total. The lowest BCUT2D eigenvalue weighted by Crippen LogP contribution is -2.50. The molecule has 0 saturated heterocycles. The molecule has 0 amide bonds. The molecule has 144 valence electrons. The number of aliphatic hydroxyl groups is 1. The lowest BCUT2D eigenvalue weighted by molar-refractivity contribution is -0.0501. The summed E-state index contributed by atoms with van der Waals surface area (Å²) in [5, 5.41) is 11.3. The standard InChI is InChI=1S/C22H40O2Si/c1-9-12-22(6)13-17-11-10-16(2)18(20(17)19(23)14-22)15-24-25(7,8)21(3,4)5/h9-12,16-20,23H,13-15H2,1-8H3/b12-9+/t16-,17-,18-,19-,20-,22-/m0/s1. The third-order valence-electron chi connectivity index (χ3n) is 7.16. The van der Waals surface area contributed by atoms with Crippen LogP contribution < -0.4 is 0 Å². The summed E-state index contributed by atoms with van der Waals surface area (Å²) in [5.41, 5.74) is 0.116. The molecule has 1 saturated carbocycles. The normalized spacial score (nSPS) is 39.6. The van der Waals surface area contributed by atoms with E-state index in [1.54, 1.807) is 0 Å². The van der Waals surface area contributed by atoms with Gasteiger partial charge in [0.2, 0.25) is 0 Å². The highest BCUT2D eigenvalue weighted by molar-refractivity contribution is 6.74. The quantitative estimate of drug-likeness (QED) is 0.504. The van der Waals surface area contributed by atoms with Gasteiger partial charge in [0.1, 0.15) is 0 Å². The molecule has 0 aromatic heterocycles. The zero-order chi connectivity index (χ0) is 19.0. The molecule has 0 aromatic rings. The first-order valence-corrected chi connectivity index (χ1v) is 13.0. The molecular weight excluding hydrogens is 324 g/mol. The summed E-state index contributed by atoms with van der Waals surface area (Å²) in [6, 6.07) is 0. The molecule has 0 aromatic carbocycles. The maximum atomic E-state index is 11.0. The Hall–Kier alpha value is -0.383. The Balaban J connectivity index is 2.17. The van der Waals surface area contributed by atoms with E-state index < -0.39 is 8.32 Å². The van der Waals surface area contributed by atoms with Crippen LogP contribution in [0.25, 0.3) is 0 Å². The van der Waals surface area contributed by atoms with Crippen molar-refractivity contribution in [1.82, 2.24) is 0 Å². The van der Waals surface area contributed by atoms with Crippen LogP contribution in [-0.2, 0) is 4.43 Å². The molecule has 2 aliphatic rings. The Labute approximate surface area is 156 Å². The largest absolute Gasteiger partial charge is 0.417 e. The number of hydrogen-bond acceptors (Lipinski definition) is 2. The molecule has 1 fully saturated rings. The Kier molecular flexibility index (Phi) is 6.13. The van der Waals surface area contributed by atoms with Gasteiger partial charge in [-0.3, -0.25) is 0 Å². The van der Waals surface area contributed by atoms with E-state index in [-0.39, 0.29) is 16.6 Å². The summed E-state index contributed by atoms with van der Waals surface area (Å²) in [6.07, 6.45) is 11.0. The van der Waals surface area contributed by atoms with Crippen molar-refractivity contribution in [3.63, 3.8) is 0 Å². The Morgan fingerprint density at radius 1 is 1.24 bits per heavy atom. The van der Waals surface area contributed by atoms with Crippen molar-refractivity contribution >= 4 is 8.32 Å². The zero-order valence-corrected chi connectivity index (χ0v) is 18.7. The van der Waals surface area contributed by atoms with Crippen molar-refractivity contribution in [2.45, 2.75) is 78.6 Å². The number of hydrogen-bond donors (Lipinski definition) is 1. The lowest BCUT2D eigenvalue weighted by Gasteiger charge is -2.50. The highest BCUT2D eigenvalue weighted by atomic mass is 28.4. The highest BCUT2D eigenvalue weighted by Crippen LogP contribution is 2.50. The maximum Gasteiger partial charge on any atom is 0.191 e. The van der Waals surface area contributed by atoms with Crippen LogP contribution in [-0.4, -0.2) is 26.1 Å². The monoisotopic (exact) mass is 364 g/mol. The Morgan fingerprint density at radius 3 is 2.44 bits per heavy atom. The van der Waals surface area contributed by atoms with Gasteiger partial charge in [-0.25, -0.2) is 0 Å². The van der Waals surface area contributed by atoms with Crippen LogP contribution in [0.5, 0.6) is 0 Å². The average molecular weight is 365 g/mol. The second-order valence-electron chi connectivity index (χ2n) is 10.4. The van der Waals surface area contributed by atoms with Gasteiger partial charge in [0.15, 0.2) is 8.32 Å². The number of fused-ring (bicyclic) bond motifs is 1. The first kappa shape index (κ1) is 20.9. The van der Waals surface area contributed by atoms with Crippen molar-refractivity contribution in [1.29, 1.82) is 0 Å². The molecule has 2 aliphatic carbocycles. The number of rotatable bonds is 4. The number of allylic oxidation sites excluding steroid dienone is 4. The molecule has 1 N–H and O–H groups in total. The predicted molar refractivity (Wildman–Crippen MR) is 110 cm³/mol. The molecule has 0 radical (unpaired) electrons. The smallest absolute Gasteiger partial charge is 0.191 e. The van der Waals surface area contributed by atoms with Crippen molar-refractivity contribution in [2.24, 2.45) is 29.1 Å². The van der Waals surface area contributed by atoms with E-state index >= 15 is 0 Å². The van der Waals surface area contributed by atoms with Crippen LogP contribution in [0.3, 0.4) is 0 Å². The minimum absolute atomic E-state index is 0.116.